The maximum absolute atomic E-state index is 11.5. The zero-order valence-corrected chi connectivity index (χ0v) is 9.36. The second-order valence-electron chi connectivity index (χ2n) is 4.26. The molecule has 1 aliphatic rings. The highest BCUT2D eigenvalue weighted by Gasteiger charge is 2.34. The minimum Gasteiger partial charge on any atom is -0.479 e. The van der Waals surface area contributed by atoms with Crippen LogP contribution in [0.2, 0.25) is 0 Å². The molecule has 1 amide bonds. The lowest BCUT2D eigenvalue weighted by molar-refractivity contribution is -0.148. The van der Waals surface area contributed by atoms with Gasteiger partial charge in [-0.2, -0.15) is 0 Å². The van der Waals surface area contributed by atoms with Gasteiger partial charge in [-0.15, -0.1) is 0 Å². The lowest BCUT2D eigenvalue weighted by Crippen LogP contribution is -2.50. The van der Waals surface area contributed by atoms with Gasteiger partial charge in [0, 0.05) is 19.1 Å². The van der Waals surface area contributed by atoms with Crippen molar-refractivity contribution in [3.8, 4) is 0 Å². The topological polar surface area (TPSA) is 102 Å². The molecule has 92 valence electrons. The number of hydrogen-bond donors (Lipinski definition) is 3. The Hall–Kier alpha value is -1.14. The molecule has 0 heterocycles. The Kier molecular flexibility index (Phi) is 4.26. The first-order valence-electron chi connectivity index (χ1n) is 5.28. The van der Waals surface area contributed by atoms with Crippen molar-refractivity contribution in [2.24, 2.45) is 5.73 Å². The molecule has 0 bridgehead atoms. The van der Waals surface area contributed by atoms with Crippen LogP contribution in [-0.2, 0) is 14.3 Å². The predicted octanol–water partition coefficient (Wildman–Crippen LogP) is -0.526. The molecular weight excluding hydrogens is 212 g/mol. The Bertz CT molecular complexity index is 276. The molecule has 4 N–H and O–H groups in total. The number of rotatable bonds is 6. The Morgan fingerprint density at radius 3 is 2.56 bits per heavy atom. The number of carboxylic acids is 1. The summed E-state index contributed by atoms with van der Waals surface area (Å²) in [6.45, 7) is -0.0270. The van der Waals surface area contributed by atoms with Gasteiger partial charge in [-0.25, -0.2) is 4.79 Å². The van der Waals surface area contributed by atoms with Crippen LogP contribution >= 0.6 is 0 Å². The van der Waals surface area contributed by atoms with Crippen LogP contribution in [0, 0.1) is 0 Å². The van der Waals surface area contributed by atoms with Crippen LogP contribution in [0.4, 0.5) is 0 Å². The molecule has 0 saturated heterocycles. The second kappa shape index (κ2) is 5.27. The standard InChI is InChI=1S/C10H18N2O4/c1-16-7(9(14)15)6-12-8(13)5-10(11)3-2-4-10/h7H,2-6,11H2,1H3,(H,12,13)(H,14,15). The first-order chi connectivity index (χ1) is 7.47. The summed E-state index contributed by atoms with van der Waals surface area (Å²) in [7, 11) is 1.29. The first kappa shape index (κ1) is 12.9. The number of aliphatic carboxylic acids is 1. The van der Waals surface area contributed by atoms with Crippen LogP contribution < -0.4 is 11.1 Å². The molecule has 0 spiro atoms. The van der Waals surface area contributed by atoms with E-state index < -0.39 is 12.1 Å². The number of hydrogen-bond acceptors (Lipinski definition) is 4. The number of nitrogens with two attached hydrogens (primary N) is 1. The van der Waals surface area contributed by atoms with Crippen molar-refractivity contribution in [2.75, 3.05) is 13.7 Å². The average Bonchev–Trinajstić information content (AvgIpc) is 2.15. The Morgan fingerprint density at radius 1 is 1.56 bits per heavy atom. The molecule has 1 atom stereocenters. The normalized spacial score (nSPS) is 19.6. The largest absolute Gasteiger partial charge is 0.479 e. The molecule has 1 rings (SSSR count). The van der Waals surface area contributed by atoms with Gasteiger partial charge < -0.3 is 20.9 Å². The fourth-order valence-electron chi connectivity index (χ4n) is 1.67. The minimum atomic E-state index is -1.09. The zero-order valence-electron chi connectivity index (χ0n) is 9.36. The summed E-state index contributed by atoms with van der Waals surface area (Å²) in [5.41, 5.74) is 5.51. The van der Waals surface area contributed by atoms with E-state index >= 15 is 0 Å². The van der Waals surface area contributed by atoms with Gasteiger partial charge >= 0.3 is 5.97 Å². The molecular formula is C10H18N2O4. The molecule has 0 aromatic heterocycles. The summed E-state index contributed by atoms with van der Waals surface area (Å²) < 4.78 is 4.69. The Morgan fingerprint density at radius 2 is 2.19 bits per heavy atom. The van der Waals surface area contributed by atoms with Crippen molar-refractivity contribution in [1.82, 2.24) is 5.32 Å². The third-order valence-corrected chi connectivity index (χ3v) is 2.91. The van der Waals surface area contributed by atoms with Crippen molar-refractivity contribution in [1.29, 1.82) is 0 Å². The fraction of sp³-hybridized carbons (Fsp3) is 0.800. The third kappa shape index (κ3) is 3.46. The zero-order chi connectivity index (χ0) is 12.2. The highest BCUT2D eigenvalue weighted by Crippen LogP contribution is 2.31. The maximum Gasteiger partial charge on any atom is 0.334 e. The molecule has 0 aromatic carbocycles. The van der Waals surface area contributed by atoms with Crippen molar-refractivity contribution in [3.05, 3.63) is 0 Å². The smallest absolute Gasteiger partial charge is 0.334 e. The van der Waals surface area contributed by atoms with Gasteiger partial charge in [-0.1, -0.05) is 0 Å². The molecule has 1 unspecified atom stereocenters. The third-order valence-electron chi connectivity index (χ3n) is 2.91. The second-order valence-corrected chi connectivity index (χ2v) is 4.26. The summed E-state index contributed by atoms with van der Waals surface area (Å²) in [5, 5.41) is 11.2. The number of carbonyl (C=O) groups excluding carboxylic acids is 1. The Labute approximate surface area is 94.1 Å². The number of ether oxygens (including phenoxy) is 1. The van der Waals surface area contributed by atoms with E-state index in [0.29, 0.717) is 0 Å². The van der Waals surface area contributed by atoms with Gasteiger partial charge in [0.15, 0.2) is 6.10 Å². The molecule has 0 radical (unpaired) electrons. The minimum absolute atomic E-state index is 0.0270. The number of carboxylic acid groups (broad SMARTS) is 1. The molecule has 1 fully saturated rings. The average molecular weight is 230 g/mol. The van der Waals surface area contributed by atoms with E-state index in [9.17, 15) is 9.59 Å². The molecule has 0 aliphatic heterocycles. The lowest BCUT2D eigenvalue weighted by atomic mass is 9.75. The van der Waals surface area contributed by atoms with Crippen LogP contribution in [0.1, 0.15) is 25.7 Å². The van der Waals surface area contributed by atoms with E-state index in [1.54, 1.807) is 0 Å². The summed E-state index contributed by atoms with van der Waals surface area (Å²) in [6.07, 6.45) is 2.02. The fourth-order valence-corrected chi connectivity index (χ4v) is 1.67. The van der Waals surface area contributed by atoms with Crippen LogP contribution in [0.15, 0.2) is 0 Å². The van der Waals surface area contributed by atoms with Crippen LogP contribution in [0.3, 0.4) is 0 Å². The summed E-state index contributed by atoms with van der Waals surface area (Å²) in [6, 6.07) is 0. The molecule has 6 nitrogen and oxygen atoms in total. The highest BCUT2D eigenvalue weighted by atomic mass is 16.5. The maximum atomic E-state index is 11.5. The van der Waals surface area contributed by atoms with Gasteiger partial charge in [-0.3, -0.25) is 4.79 Å². The molecule has 16 heavy (non-hydrogen) atoms. The van der Waals surface area contributed by atoms with Crippen LogP contribution in [-0.4, -0.2) is 42.3 Å². The number of nitrogens with one attached hydrogen (secondary N) is 1. The van der Waals surface area contributed by atoms with Gasteiger partial charge in [0.05, 0.1) is 6.54 Å². The van der Waals surface area contributed by atoms with E-state index in [0.717, 1.165) is 19.3 Å². The SMILES string of the molecule is COC(CNC(=O)CC1(N)CCC1)C(=O)O. The molecule has 6 heteroatoms. The van der Waals surface area contributed by atoms with Crippen molar-refractivity contribution < 1.29 is 19.4 Å². The summed E-state index contributed by atoms with van der Waals surface area (Å²) >= 11 is 0. The van der Waals surface area contributed by atoms with E-state index in [2.05, 4.69) is 10.1 Å². The van der Waals surface area contributed by atoms with E-state index in [4.69, 9.17) is 10.8 Å². The highest BCUT2D eigenvalue weighted by molar-refractivity contribution is 5.79. The summed E-state index contributed by atoms with van der Waals surface area (Å²) in [5.74, 6) is -1.31. The van der Waals surface area contributed by atoms with Crippen LogP contribution in [0.25, 0.3) is 0 Å². The van der Waals surface area contributed by atoms with E-state index in [1.165, 1.54) is 7.11 Å². The molecule has 1 aliphatic carbocycles. The molecule has 0 aromatic rings. The van der Waals surface area contributed by atoms with Crippen molar-refractivity contribution in [2.45, 2.75) is 37.3 Å². The van der Waals surface area contributed by atoms with E-state index in [1.807, 2.05) is 0 Å². The number of carbonyl (C=O) groups is 2. The lowest BCUT2D eigenvalue weighted by Gasteiger charge is -2.37. The van der Waals surface area contributed by atoms with Crippen molar-refractivity contribution >= 4 is 11.9 Å². The monoisotopic (exact) mass is 230 g/mol. The van der Waals surface area contributed by atoms with E-state index in [-0.39, 0.29) is 24.4 Å². The van der Waals surface area contributed by atoms with Crippen molar-refractivity contribution in [3.63, 3.8) is 0 Å². The predicted molar refractivity (Wildman–Crippen MR) is 56.8 cm³/mol. The summed E-state index contributed by atoms with van der Waals surface area (Å²) in [4.78, 5) is 22.0. The Balaban J connectivity index is 2.26. The van der Waals surface area contributed by atoms with Gasteiger partial charge in [0.2, 0.25) is 5.91 Å². The quantitative estimate of drug-likeness (QED) is 0.569. The van der Waals surface area contributed by atoms with Crippen LogP contribution in [0.5, 0.6) is 0 Å². The van der Waals surface area contributed by atoms with Gasteiger partial charge in [0.1, 0.15) is 0 Å². The van der Waals surface area contributed by atoms with Gasteiger partial charge in [-0.05, 0) is 19.3 Å². The first-order valence-corrected chi connectivity index (χ1v) is 5.28. The van der Waals surface area contributed by atoms with Gasteiger partial charge in [0.25, 0.3) is 0 Å². The number of methoxy groups -OCH3 is 1. The molecule has 1 saturated carbocycles. The number of amides is 1.